The van der Waals surface area contributed by atoms with Crippen LogP contribution in [-0.2, 0) is 52.4 Å². The van der Waals surface area contributed by atoms with Crippen LogP contribution in [0.3, 0.4) is 0 Å². The number of aromatic nitrogens is 6. The molecule has 0 radical (unpaired) electrons. The molecule has 17 nitrogen and oxygen atoms in total. The summed E-state index contributed by atoms with van der Waals surface area (Å²) in [7, 11) is -4.94. The number of alkyl halides is 1. The zero-order chi connectivity index (χ0) is 28.2. The second-order valence-electron chi connectivity index (χ2n) is 8.75. The number of rotatable bonds is 1. The molecule has 3 aliphatic rings. The number of nitrogens with one attached hydrogen (secondary N) is 1. The first-order chi connectivity index (χ1) is 19.0. The number of nitrogens with zero attached hydrogens (tertiary/aromatic N) is 7. The van der Waals surface area contributed by atoms with Crippen molar-refractivity contribution in [3.63, 3.8) is 0 Å². The molecule has 0 aromatic carbocycles. The van der Waals surface area contributed by atoms with Crippen LogP contribution in [0.2, 0.25) is 0 Å². The lowest BCUT2D eigenvalue weighted by molar-refractivity contribution is -0.0499. The van der Waals surface area contributed by atoms with Gasteiger partial charge in [0, 0.05) is 6.54 Å². The second-order valence-corrected chi connectivity index (χ2v) is 13.0. The third kappa shape index (κ3) is 5.21. The number of nitrogens with two attached hydrogens (primary N) is 1. The van der Waals surface area contributed by atoms with E-state index in [-0.39, 0.29) is 30.8 Å². The first kappa shape index (κ1) is 27.5. The molecule has 214 valence electrons. The van der Waals surface area contributed by atoms with Crippen molar-refractivity contribution in [1.29, 1.82) is 0 Å². The van der Waals surface area contributed by atoms with E-state index in [1.807, 2.05) is 0 Å². The van der Waals surface area contributed by atoms with Crippen molar-refractivity contribution in [3.8, 4) is 0 Å². The van der Waals surface area contributed by atoms with Crippen LogP contribution in [0.25, 0.3) is 16.9 Å². The van der Waals surface area contributed by atoms with Gasteiger partial charge in [0.05, 0.1) is 31.4 Å². The molecular weight excluding hydrogens is 595 g/mol. The highest BCUT2D eigenvalue weighted by Gasteiger charge is 2.51. The molecule has 2 unspecified atom stereocenters. The number of halogens is 1. The fraction of sp³-hybridized carbons (Fsp3) is 0.421. The Hall–Kier alpha value is -2.70. The van der Waals surface area contributed by atoms with Crippen molar-refractivity contribution in [2.24, 2.45) is 10.7 Å². The molecule has 0 amide bonds. The minimum atomic E-state index is -4.94. The van der Waals surface area contributed by atoms with Crippen LogP contribution in [0.1, 0.15) is 17.7 Å². The molecule has 2 bridgehead atoms. The molecule has 0 saturated carbocycles. The Kier molecular flexibility index (Phi) is 7.07. The van der Waals surface area contributed by atoms with E-state index in [4.69, 9.17) is 40.4 Å². The lowest BCUT2D eigenvalue weighted by Crippen LogP contribution is -2.33. The van der Waals surface area contributed by atoms with Gasteiger partial charge in [-0.25, -0.2) is 28.9 Å². The average Bonchev–Trinajstić information content (AvgIpc) is 3.55. The van der Waals surface area contributed by atoms with Gasteiger partial charge in [-0.1, -0.05) is 6.58 Å². The maximum atomic E-state index is 15.8. The Bertz CT molecular complexity index is 1620. The summed E-state index contributed by atoms with van der Waals surface area (Å²) in [5, 5.41) is 2.72. The number of aliphatic imine (C=N–C) groups is 1. The molecular formula is C19H22FN9O8P2S. The molecule has 1 fully saturated rings. The summed E-state index contributed by atoms with van der Waals surface area (Å²) in [5.74, 6) is 0.289. The number of guanidine groups is 1. The van der Waals surface area contributed by atoms with Gasteiger partial charge in [-0.2, -0.15) is 4.99 Å². The van der Waals surface area contributed by atoms with E-state index in [0.717, 1.165) is 0 Å². The van der Waals surface area contributed by atoms with Gasteiger partial charge in [-0.15, -0.1) is 0 Å². The molecule has 0 spiro atoms. The van der Waals surface area contributed by atoms with Gasteiger partial charge in [0.1, 0.15) is 42.2 Å². The summed E-state index contributed by atoms with van der Waals surface area (Å²) in [6.45, 7) is -1.22. The molecule has 3 aliphatic heterocycles. The third-order valence-electron chi connectivity index (χ3n) is 6.17. The van der Waals surface area contributed by atoms with Gasteiger partial charge in [0.15, 0.2) is 29.8 Å². The van der Waals surface area contributed by atoms with E-state index in [9.17, 15) is 14.4 Å². The number of ether oxygens (including phenoxy) is 1. The second kappa shape index (κ2) is 10.3. The van der Waals surface area contributed by atoms with Crippen LogP contribution in [0.4, 0.5) is 10.2 Å². The fourth-order valence-corrected chi connectivity index (χ4v) is 6.43. The summed E-state index contributed by atoms with van der Waals surface area (Å²) >= 11 is 5.08. The van der Waals surface area contributed by atoms with Gasteiger partial charge in [0.25, 0.3) is 0 Å². The zero-order valence-corrected chi connectivity index (χ0v) is 22.9. The molecule has 3 aromatic heterocycles. The van der Waals surface area contributed by atoms with E-state index in [1.165, 1.54) is 28.0 Å². The van der Waals surface area contributed by atoms with Crippen molar-refractivity contribution in [3.05, 3.63) is 36.9 Å². The molecule has 5 N–H and O–H groups in total. The number of hydrogen-bond acceptors (Lipinski definition) is 14. The normalized spacial score (nSPS) is 33.4. The number of imidazole rings is 2. The fourth-order valence-electron chi connectivity index (χ4n) is 4.43. The molecule has 6 heterocycles. The topological polar surface area (TPSA) is 216 Å². The highest BCUT2D eigenvalue weighted by molar-refractivity contribution is 8.07. The Balaban J connectivity index is 1.36. The predicted octanol–water partition coefficient (Wildman–Crippen LogP) is 0.744. The monoisotopic (exact) mass is 617 g/mol. The maximum Gasteiger partial charge on any atom is 0.473 e. The van der Waals surface area contributed by atoms with Crippen molar-refractivity contribution in [2.45, 2.75) is 37.8 Å². The van der Waals surface area contributed by atoms with Crippen LogP contribution in [0, 0.1) is 0 Å². The van der Waals surface area contributed by atoms with Gasteiger partial charge < -0.3 is 39.2 Å². The molecule has 21 heteroatoms. The molecule has 1 saturated heterocycles. The minimum absolute atomic E-state index is 0.0114. The molecule has 0 aliphatic carbocycles. The zero-order valence-electron chi connectivity index (χ0n) is 20.3. The Morgan fingerprint density at radius 1 is 1.27 bits per heavy atom. The van der Waals surface area contributed by atoms with E-state index >= 15 is 4.39 Å². The first-order valence-electron chi connectivity index (χ1n) is 11.6. The third-order valence-corrected chi connectivity index (χ3v) is 8.75. The first-order valence-corrected chi connectivity index (χ1v) is 15.7. The highest BCUT2D eigenvalue weighted by atomic mass is 32.5. The quantitative estimate of drug-likeness (QED) is 0.277. The average molecular weight is 617 g/mol. The van der Waals surface area contributed by atoms with Gasteiger partial charge >= 0.3 is 14.5 Å². The SMILES string of the molecule is C=C1NC(N)=Nc2c1ncn2[C@@H]1O[C@@H]2COP(O)(=S)OCCn3c(nc4cncnc43)COP(=O)(O)O[C@@H]1[C@@H]2F. The predicted molar refractivity (Wildman–Crippen MR) is 138 cm³/mol. The molecule has 40 heavy (non-hydrogen) atoms. The van der Waals surface area contributed by atoms with Gasteiger partial charge in [-0.05, 0) is 11.8 Å². The van der Waals surface area contributed by atoms with Crippen molar-refractivity contribution in [1.82, 2.24) is 34.4 Å². The van der Waals surface area contributed by atoms with E-state index in [2.05, 4.69) is 36.8 Å². The van der Waals surface area contributed by atoms with Crippen LogP contribution >= 0.6 is 14.5 Å². The Labute approximate surface area is 229 Å². The largest absolute Gasteiger partial charge is 0.473 e. The smallest absolute Gasteiger partial charge is 0.369 e. The number of hydrogen-bond donors (Lipinski definition) is 4. The number of phosphoric ester groups is 1. The Morgan fingerprint density at radius 3 is 2.92 bits per heavy atom. The highest BCUT2D eigenvalue weighted by Crippen LogP contribution is 2.52. The lowest BCUT2D eigenvalue weighted by Gasteiger charge is -2.24. The van der Waals surface area contributed by atoms with E-state index in [1.54, 1.807) is 0 Å². The number of phosphoric acid groups is 1. The molecule has 6 rings (SSSR count). The summed E-state index contributed by atoms with van der Waals surface area (Å²) in [6, 6.07) is 0. The van der Waals surface area contributed by atoms with Crippen LogP contribution in [0.5, 0.6) is 0 Å². The number of fused-ring (bicyclic) bond motifs is 6. The van der Waals surface area contributed by atoms with Crippen molar-refractivity contribution < 1.29 is 41.6 Å². The van der Waals surface area contributed by atoms with Crippen LogP contribution in [-0.4, -0.2) is 76.4 Å². The minimum Gasteiger partial charge on any atom is -0.369 e. The van der Waals surface area contributed by atoms with Gasteiger partial charge in [0.2, 0.25) is 0 Å². The van der Waals surface area contributed by atoms with E-state index in [0.29, 0.717) is 22.6 Å². The summed E-state index contributed by atoms with van der Waals surface area (Å²) < 4.78 is 58.8. The Morgan fingerprint density at radius 2 is 2.10 bits per heavy atom. The van der Waals surface area contributed by atoms with Crippen LogP contribution in [0.15, 0.2) is 30.4 Å². The van der Waals surface area contributed by atoms with Crippen molar-refractivity contribution in [2.75, 3.05) is 13.2 Å². The lowest BCUT2D eigenvalue weighted by atomic mass is 10.1. The van der Waals surface area contributed by atoms with Crippen molar-refractivity contribution >= 4 is 55.0 Å². The molecule has 3 aromatic rings. The summed E-state index contributed by atoms with van der Waals surface area (Å²) in [5.41, 5.74) is 7.17. The molecule has 6 atom stereocenters. The van der Waals surface area contributed by atoms with Gasteiger partial charge in [-0.3, -0.25) is 13.6 Å². The summed E-state index contributed by atoms with van der Waals surface area (Å²) in [6.07, 6.45) is -2.58. The van der Waals surface area contributed by atoms with Crippen LogP contribution < -0.4 is 11.1 Å². The summed E-state index contributed by atoms with van der Waals surface area (Å²) in [4.78, 5) is 42.0. The maximum absolute atomic E-state index is 15.8. The standard InChI is InChI=1S/C19H22FN9O8P2S/c1-9-14-17(27-19(21)25-9)29(8-24-14)18-15-13(20)11(36-18)5-35-39(32,40)33-3-2-28-12(6-34-38(30,31)37-15)26-10-4-22-7-23-16(10)28/h4,7-8,11,13,15,18H,1-3,5-6H2,(H,30,31)(H,32,40)(H3,21,25,27)/t11-,13-,15-,18-,39?/m1/s1. The van der Waals surface area contributed by atoms with E-state index < -0.39 is 52.4 Å².